The molecule has 3 aliphatic rings. The van der Waals surface area contributed by atoms with Gasteiger partial charge in [-0.3, -0.25) is 28.8 Å². The number of rotatable bonds is 8. The summed E-state index contributed by atoms with van der Waals surface area (Å²) in [7, 11) is 3.25. The van der Waals surface area contributed by atoms with Crippen LogP contribution >= 0.6 is 0 Å². The highest BCUT2D eigenvalue weighted by molar-refractivity contribution is 6.18. The maximum absolute atomic E-state index is 13.7. The maximum Gasteiger partial charge on any atom is 0.408 e. The number of imide groups is 1. The number of nitrogens with one attached hydrogen (secondary N) is 1. The number of alkyl halides is 3. The second kappa shape index (κ2) is 11.6. The number of ketones is 1. The van der Waals surface area contributed by atoms with E-state index in [0.29, 0.717) is 15.4 Å². The summed E-state index contributed by atoms with van der Waals surface area (Å²) in [6.07, 6.45) is 1.54. The number of carbonyl (C=O) groups is 5. The molecule has 2 aliphatic carbocycles. The number of fused-ring (bicyclic) bond motifs is 1. The number of Topliss-reactive ketones (excluding diaryl/α,β-unsaturated/α-hetero) is 1. The van der Waals surface area contributed by atoms with Gasteiger partial charge in [0.1, 0.15) is 24.9 Å². The topological polar surface area (TPSA) is 125 Å². The van der Waals surface area contributed by atoms with Gasteiger partial charge >= 0.3 is 12.2 Å². The van der Waals surface area contributed by atoms with E-state index in [9.17, 15) is 41.5 Å². The van der Waals surface area contributed by atoms with Gasteiger partial charge in [0.2, 0.25) is 11.8 Å². The van der Waals surface area contributed by atoms with E-state index >= 15 is 0 Å². The predicted molar refractivity (Wildman–Crippen MR) is 150 cm³/mol. The Kier molecular flexibility index (Phi) is 8.14. The van der Waals surface area contributed by atoms with Gasteiger partial charge in [-0.15, -0.1) is 0 Å². The first-order valence-corrected chi connectivity index (χ1v) is 14.0. The molecule has 5 amide bonds. The lowest BCUT2D eigenvalue weighted by Gasteiger charge is -2.32. The molecule has 0 saturated carbocycles. The number of hydrogen-bond acceptors (Lipinski definition) is 6. The summed E-state index contributed by atoms with van der Waals surface area (Å²) in [5, 5.41) is 6.74. The number of amides is 5. The molecule has 1 aromatic heterocycles. The molecule has 5 rings (SSSR count). The summed E-state index contributed by atoms with van der Waals surface area (Å²) in [6, 6.07) is 1.25. The zero-order valence-electron chi connectivity index (χ0n) is 24.6. The molecule has 238 valence electrons. The van der Waals surface area contributed by atoms with E-state index in [4.69, 9.17) is 0 Å². The molecule has 2 aromatic rings. The molecule has 15 heteroatoms. The summed E-state index contributed by atoms with van der Waals surface area (Å²) in [6.45, 7) is -0.749. The fourth-order valence-corrected chi connectivity index (χ4v) is 5.69. The Bertz CT molecular complexity index is 1630. The molecule has 0 bridgehead atoms. The SMILES string of the molecule is C[C@H](N(Cc1ccc(F)cc1)C(=O)CN1C(=O)NC2(CC(=O)C3=C2C=CC(c2cnn(CC(=O)N(C)C)c2)C3)C1=O)C(F)(F)F. The number of aromatic nitrogens is 2. The minimum absolute atomic E-state index is 0.0254. The normalized spacial score (nSPS) is 21.8. The predicted octanol–water partition coefficient (Wildman–Crippen LogP) is 2.69. The first-order valence-electron chi connectivity index (χ1n) is 14.0. The number of allylic oxidation sites excluding steroid dienone is 2. The van der Waals surface area contributed by atoms with Gasteiger partial charge in [0.25, 0.3) is 5.91 Å². The van der Waals surface area contributed by atoms with E-state index in [2.05, 4.69) is 10.4 Å². The summed E-state index contributed by atoms with van der Waals surface area (Å²) in [5.74, 6) is -3.54. The van der Waals surface area contributed by atoms with Gasteiger partial charge in [-0.25, -0.2) is 9.18 Å². The van der Waals surface area contributed by atoms with Gasteiger partial charge in [-0.1, -0.05) is 24.3 Å². The minimum atomic E-state index is -4.83. The van der Waals surface area contributed by atoms with Crippen molar-refractivity contribution in [3.8, 4) is 0 Å². The van der Waals surface area contributed by atoms with Crippen molar-refractivity contribution in [1.29, 1.82) is 0 Å². The number of halogens is 4. The number of nitrogens with zero attached hydrogens (tertiary/aromatic N) is 5. The first kappa shape index (κ1) is 31.6. The number of carbonyl (C=O) groups excluding carboxylic acids is 5. The number of likely N-dealkylation sites (N-methyl/N-ethyl adjacent to an activating group) is 1. The van der Waals surface area contributed by atoms with Crippen LogP contribution < -0.4 is 5.32 Å². The lowest BCUT2D eigenvalue weighted by atomic mass is 9.83. The lowest BCUT2D eigenvalue weighted by molar-refractivity contribution is -0.187. The highest BCUT2D eigenvalue weighted by Crippen LogP contribution is 2.45. The average molecular weight is 631 g/mol. The quantitative estimate of drug-likeness (QED) is 0.354. The van der Waals surface area contributed by atoms with Crippen LogP contribution in [0.2, 0.25) is 0 Å². The lowest BCUT2D eigenvalue weighted by Crippen LogP contribution is -2.51. The van der Waals surface area contributed by atoms with Crippen molar-refractivity contribution >= 4 is 29.5 Å². The zero-order chi connectivity index (χ0) is 32.8. The van der Waals surface area contributed by atoms with Crippen LogP contribution in [0.25, 0.3) is 0 Å². The second-order valence-electron chi connectivity index (χ2n) is 11.5. The summed E-state index contributed by atoms with van der Waals surface area (Å²) >= 11 is 0. The van der Waals surface area contributed by atoms with Crippen LogP contribution in [0.1, 0.15) is 36.8 Å². The molecule has 3 atom stereocenters. The molecule has 1 N–H and O–H groups in total. The molecule has 1 saturated heterocycles. The van der Waals surface area contributed by atoms with Crippen LogP contribution in [0.4, 0.5) is 22.4 Å². The fraction of sp³-hybridized carbons (Fsp3) is 0.400. The van der Waals surface area contributed by atoms with Gasteiger partial charge < -0.3 is 15.1 Å². The van der Waals surface area contributed by atoms with Crippen LogP contribution in [-0.2, 0) is 32.3 Å². The molecule has 11 nitrogen and oxygen atoms in total. The van der Waals surface area contributed by atoms with Gasteiger partial charge in [-0.05, 0) is 42.2 Å². The zero-order valence-corrected chi connectivity index (χ0v) is 24.6. The minimum Gasteiger partial charge on any atom is -0.347 e. The van der Waals surface area contributed by atoms with Gasteiger partial charge in [0, 0.05) is 44.7 Å². The fourth-order valence-electron chi connectivity index (χ4n) is 5.69. The van der Waals surface area contributed by atoms with Crippen LogP contribution in [0.3, 0.4) is 0 Å². The molecule has 1 fully saturated rings. The number of urea groups is 1. The Morgan fingerprint density at radius 1 is 1.11 bits per heavy atom. The summed E-state index contributed by atoms with van der Waals surface area (Å²) in [4.78, 5) is 67.6. The number of hydrogen-bond donors (Lipinski definition) is 1. The van der Waals surface area contributed by atoms with E-state index in [1.807, 2.05) is 0 Å². The van der Waals surface area contributed by atoms with Crippen LogP contribution in [0.5, 0.6) is 0 Å². The van der Waals surface area contributed by atoms with Crippen LogP contribution in [-0.4, -0.2) is 92.4 Å². The molecule has 1 spiro atoms. The van der Waals surface area contributed by atoms with Gasteiger partial charge in [0.15, 0.2) is 11.3 Å². The molecule has 45 heavy (non-hydrogen) atoms. The highest BCUT2D eigenvalue weighted by atomic mass is 19.4. The van der Waals surface area contributed by atoms with Crippen molar-refractivity contribution in [3.05, 3.63) is 76.9 Å². The third-order valence-corrected chi connectivity index (χ3v) is 8.34. The van der Waals surface area contributed by atoms with Crippen molar-refractivity contribution in [2.75, 3.05) is 20.6 Å². The van der Waals surface area contributed by atoms with Crippen molar-refractivity contribution in [2.24, 2.45) is 0 Å². The Morgan fingerprint density at radius 3 is 2.44 bits per heavy atom. The van der Waals surface area contributed by atoms with Crippen molar-refractivity contribution in [2.45, 2.75) is 56.5 Å². The van der Waals surface area contributed by atoms with Crippen molar-refractivity contribution in [1.82, 2.24) is 29.8 Å². The highest BCUT2D eigenvalue weighted by Gasteiger charge is 2.59. The third kappa shape index (κ3) is 5.98. The van der Waals surface area contributed by atoms with E-state index in [0.717, 1.165) is 24.6 Å². The molecule has 0 radical (unpaired) electrons. The average Bonchev–Trinajstić information content (AvgIpc) is 3.62. The third-order valence-electron chi connectivity index (χ3n) is 8.34. The van der Waals surface area contributed by atoms with E-state index < -0.39 is 60.9 Å². The first-order chi connectivity index (χ1) is 21.1. The molecule has 1 aromatic carbocycles. The standard InChI is InChI=1S/C30H30F4N6O5/c1-17(30(32,33)34)39(13-18-4-7-21(31)8-5-18)26(43)16-40-27(44)29(36-28(40)45)11-24(41)22-10-19(6-9-23(22)29)20-12-35-38(14-20)15-25(42)37(2)3/h4-9,12,14,17,19H,10-11,13,15-16H2,1-3H3,(H,36,45)/t17-,19?,29?/m0/s1. The smallest absolute Gasteiger partial charge is 0.347 e. The largest absolute Gasteiger partial charge is 0.408 e. The molecule has 2 heterocycles. The Labute approximate surface area is 255 Å². The Balaban J connectivity index is 1.34. The van der Waals surface area contributed by atoms with Gasteiger partial charge in [-0.2, -0.15) is 18.3 Å². The molecule has 2 unspecified atom stereocenters. The van der Waals surface area contributed by atoms with E-state index in [1.165, 1.54) is 21.7 Å². The van der Waals surface area contributed by atoms with Crippen LogP contribution in [0, 0.1) is 5.82 Å². The second-order valence-corrected chi connectivity index (χ2v) is 11.5. The van der Waals surface area contributed by atoms with Crippen molar-refractivity contribution in [3.63, 3.8) is 0 Å². The van der Waals surface area contributed by atoms with E-state index in [1.54, 1.807) is 38.6 Å². The number of benzene rings is 1. The monoisotopic (exact) mass is 630 g/mol. The summed E-state index contributed by atoms with van der Waals surface area (Å²) in [5.41, 5.74) is -0.274. The van der Waals surface area contributed by atoms with Crippen molar-refractivity contribution < 1.29 is 41.5 Å². The Hall–Kier alpha value is -4.82. The Morgan fingerprint density at radius 2 is 1.80 bits per heavy atom. The maximum atomic E-state index is 13.7. The molecule has 1 aliphatic heterocycles. The molecular weight excluding hydrogens is 600 g/mol. The van der Waals surface area contributed by atoms with E-state index in [-0.39, 0.29) is 41.7 Å². The van der Waals surface area contributed by atoms with Crippen LogP contribution in [0.15, 0.2) is 60.0 Å². The molecular formula is C30H30F4N6O5. The van der Waals surface area contributed by atoms with Gasteiger partial charge in [0.05, 0.1) is 6.20 Å². The summed E-state index contributed by atoms with van der Waals surface area (Å²) < 4.78 is 56.0.